The Morgan fingerprint density at radius 2 is 2.50 bits per heavy atom. The molecule has 0 amide bonds. The quantitative estimate of drug-likeness (QED) is 0.773. The van der Waals surface area contributed by atoms with Gasteiger partial charge in [0.25, 0.3) is 0 Å². The molecule has 1 aliphatic rings. The Morgan fingerprint density at radius 3 is 3.07 bits per heavy atom. The summed E-state index contributed by atoms with van der Waals surface area (Å²) in [6.07, 6.45) is 4.65. The third-order valence-electron chi connectivity index (χ3n) is 2.28. The molecule has 0 aliphatic carbocycles. The maximum atomic E-state index is 10.6. The highest BCUT2D eigenvalue weighted by Gasteiger charge is 2.17. The van der Waals surface area contributed by atoms with Crippen LogP contribution in [-0.4, -0.2) is 27.5 Å². The number of nitrogens with zero attached hydrogens (tertiary/aromatic N) is 2. The molecule has 0 unspecified atom stereocenters. The molecule has 5 heteroatoms. The van der Waals surface area contributed by atoms with E-state index < -0.39 is 5.97 Å². The van der Waals surface area contributed by atoms with Gasteiger partial charge in [-0.15, -0.1) is 0 Å². The Morgan fingerprint density at radius 1 is 1.64 bits per heavy atom. The topological polar surface area (TPSA) is 64.3 Å². The number of carbonyl (C=O) groups is 1. The molecule has 1 aliphatic heterocycles. The minimum Gasteiger partial charge on any atom is -0.476 e. The Hall–Kier alpha value is -1.36. The zero-order chi connectivity index (χ0) is 9.97. The summed E-state index contributed by atoms with van der Waals surface area (Å²) >= 11 is 0. The molecule has 0 aromatic carbocycles. The number of rotatable bonds is 2. The van der Waals surface area contributed by atoms with E-state index in [1.807, 2.05) is 0 Å². The Bertz CT molecular complexity index is 329. The van der Waals surface area contributed by atoms with Gasteiger partial charge >= 0.3 is 5.97 Å². The van der Waals surface area contributed by atoms with Gasteiger partial charge in [-0.3, -0.25) is 0 Å². The van der Waals surface area contributed by atoms with Crippen molar-refractivity contribution in [2.45, 2.75) is 25.5 Å². The molecule has 2 heterocycles. The van der Waals surface area contributed by atoms with Crippen LogP contribution in [0.25, 0.3) is 0 Å². The van der Waals surface area contributed by atoms with Gasteiger partial charge in [-0.2, -0.15) is 5.10 Å². The van der Waals surface area contributed by atoms with Crippen molar-refractivity contribution in [3.8, 4) is 0 Å². The second-order valence-corrected chi connectivity index (χ2v) is 3.31. The van der Waals surface area contributed by atoms with Crippen molar-refractivity contribution in [2.24, 2.45) is 0 Å². The fourth-order valence-electron chi connectivity index (χ4n) is 1.54. The maximum Gasteiger partial charge on any atom is 0.356 e. The van der Waals surface area contributed by atoms with E-state index in [1.54, 1.807) is 10.9 Å². The molecule has 1 saturated heterocycles. The molecule has 1 fully saturated rings. The van der Waals surface area contributed by atoms with Gasteiger partial charge in [-0.05, 0) is 25.3 Å². The van der Waals surface area contributed by atoms with Gasteiger partial charge in [-0.25, -0.2) is 9.48 Å². The van der Waals surface area contributed by atoms with Crippen LogP contribution in [0.1, 0.15) is 36.0 Å². The molecule has 0 saturated carbocycles. The minimum atomic E-state index is -1.00. The number of carboxylic acids is 1. The highest BCUT2D eigenvalue weighted by Crippen LogP contribution is 2.21. The molecule has 76 valence electrons. The van der Waals surface area contributed by atoms with Gasteiger partial charge < -0.3 is 9.84 Å². The number of ether oxygens (including phenoxy) is 1. The lowest BCUT2D eigenvalue weighted by molar-refractivity contribution is -0.0396. The van der Waals surface area contributed by atoms with E-state index >= 15 is 0 Å². The summed E-state index contributed by atoms with van der Waals surface area (Å²) in [4.78, 5) is 10.6. The second-order valence-electron chi connectivity index (χ2n) is 3.31. The number of aromatic carboxylic acids is 1. The first-order valence-electron chi connectivity index (χ1n) is 4.67. The summed E-state index contributed by atoms with van der Waals surface area (Å²) in [5.41, 5.74) is 0.0687. The summed E-state index contributed by atoms with van der Waals surface area (Å²) in [5.74, 6) is -1.00. The van der Waals surface area contributed by atoms with Crippen molar-refractivity contribution in [2.75, 3.05) is 6.61 Å². The van der Waals surface area contributed by atoms with E-state index in [4.69, 9.17) is 9.84 Å². The monoisotopic (exact) mass is 196 g/mol. The van der Waals surface area contributed by atoms with Crippen molar-refractivity contribution in [1.82, 2.24) is 9.78 Å². The van der Waals surface area contributed by atoms with Crippen LogP contribution in [0, 0.1) is 0 Å². The van der Waals surface area contributed by atoms with Crippen LogP contribution in [0.15, 0.2) is 12.3 Å². The highest BCUT2D eigenvalue weighted by molar-refractivity contribution is 5.85. The van der Waals surface area contributed by atoms with E-state index in [2.05, 4.69) is 5.10 Å². The molecule has 14 heavy (non-hydrogen) atoms. The van der Waals surface area contributed by atoms with E-state index in [1.165, 1.54) is 6.07 Å². The summed E-state index contributed by atoms with van der Waals surface area (Å²) in [7, 11) is 0. The number of hydrogen-bond acceptors (Lipinski definition) is 3. The molecule has 2 rings (SSSR count). The Kier molecular flexibility index (Phi) is 2.49. The van der Waals surface area contributed by atoms with Gasteiger partial charge in [0.15, 0.2) is 5.69 Å². The predicted molar refractivity (Wildman–Crippen MR) is 48.0 cm³/mol. The molecule has 1 N–H and O–H groups in total. The van der Waals surface area contributed by atoms with E-state index in [0.29, 0.717) is 0 Å². The minimum absolute atomic E-state index is 0.0687. The van der Waals surface area contributed by atoms with Crippen LogP contribution >= 0.6 is 0 Å². The number of aromatic nitrogens is 2. The molecule has 1 aromatic rings. The van der Waals surface area contributed by atoms with Crippen LogP contribution < -0.4 is 0 Å². The van der Waals surface area contributed by atoms with Gasteiger partial charge in [0.1, 0.15) is 6.23 Å². The normalized spacial score (nSPS) is 22.1. The summed E-state index contributed by atoms with van der Waals surface area (Å²) in [6, 6.07) is 1.49. The molecular formula is C9H12N2O3. The standard InChI is InChI=1S/C9H12N2O3/c12-9(13)7-4-5-11(10-7)8-3-1-2-6-14-8/h4-5,8H,1-3,6H2,(H,12,13)/t8-/m0/s1. The van der Waals surface area contributed by atoms with Crippen molar-refractivity contribution in [3.05, 3.63) is 18.0 Å². The SMILES string of the molecule is O=C(O)c1ccn([C@@H]2CCCCO2)n1. The van der Waals surface area contributed by atoms with Crippen molar-refractivity contribution < 1.29 is 14.6 Å². The van der Waals surface area contributed by atoms with Crippen LogP contribution in [0.4, 0.5) is 0 Å². The molecule has 1 atom stereocenters. The van der Waals surface area contributed by atoms with Crippen LogP contribution in [0.5, 0.6) is 0 Å². The molecule has 0 bridgehead atoms. The van der Waals surface area contributed by atoms with Gasteiger partial charge in [-0.1, -0.05) is 0 Å². The first-order chi connectivity index (χ1) is 6.77. The lowest BCUT2D eigenvalue weighted by Crippen LogP contribution is -2.18. The molecule has 5 nitrogen and oxygen atoms in total. The van der Waals surface area contributed by atoms with Crippen LogP contribution in [-0.2, 0) is 4.74 Å². The number of hydrogen-bond donors (Lipinski definition) is 1. The first kappa shape index (κ1) is 9.21. The Labute approximate surface area is 81.3 Å². The number of carboxylic acid groups (broad SMARTS) is 1. The molecule has 0 spiro atoms. The first-order valence-corrected chi connectivity index (χ1v) is 4.67. The average Bonchev–Trinajstić information content (AvgIpc) is 2.68. The van der Waals surface area contributed by atoms with Crippen LogP contribution in [0.3, 0.4) is 0 Å². The van der Waals surface area contributed by atoms with Gasteiger partial charge in [0.2, 0.25) is 0 Å². The zero-order valence-electron chi connectivity index (χ0n) is 7.72. The van der Waals surface area contributed by atoms with Crippen molar-refractivity contribution in [3.63, 3.8) is 0 Å². The second kappa shape index (κ2) is 3.79. The predicted octanol–water partition coefficient (Wildman–Crippen LogP) is 1.28. The molecular weight excluding hydrogens is 184 g/mol. The van der Waals surface area contributed by atoms with E-state index in [-0.39, 0.29) is 11.9 Å². The van der Waals surface area contributed by atoms with Gasteiger partial charge in [0, 0.05) is 12.8 Å². The van der Waals surface area contributed by atoms with Crippen molar-refractivity contribution in [1.29, 1.82) is 0 Å². The Balaban J connectivity index is 2.11. The maximum absolute atomic E-state index is 10.6. The van der Waals surface area contributed by atoms with Crippen molar-refractivity contribution >= 4 is 5.97 Å². The fraction of sp³-hybridized carbons (Fsp3) is 0.556. The zero-order valence-corrected chi connectivity index (χ0v) is 7.72. The lowest BCUT2D eigenvalue weighted by atomic mass is 10.2. The lowest BCUT2D eigenvalue weighted by Gasteiger charge is -2.22. The summed E-state index contributed by atoms with van der Waals surface area (Å²) in [5, 5.41) is 12.6. The van der Waals surface area contributed by atoms with Crippen LogP contribution in [0.2, 0.25) is 0 Å². The largest absolute Gasteiger partial charge is 0.476 e. The molecule has 0 radical (unpaired) electrons. The third-order valence-corrected chi connectivity index (χ3v) is 2.28. The molecule has 1 aromatic heterocycles. The summed E-state index contributed by atoms with van der Waals surface area (Å²) < 4.78 is 7.05. The average molecular weight is 196 g/mol. The third kappa shape index (κ3) is 1.77. The van der Waals surface area contributed by atoms with Gasteiger partial charge in [0.05, 0.1) is 0 Å². The fourth-order valence-corrected chi connectivity index (χ4v) is 1.54. The highest BCUT2D eigenvalue weighted by atomic mass is 16.5. The summed E-state index contributed by atoms with van der Waals surface area (Å²) in [6.45, 7) is 0.729. The van der Waals surface area contributed by atoms with E-state index in [9.17, 15) is 4.79 Å². The van der Waals surface area contributed by atoms with E-state index in [0.717, 1.165) is 25.9 Å². The smallest absolute Gasteiger partial charge is 0.356 e.